The van der Waals surface area contributed by atoms with E-state index in [1.807, 2.05) is 48.5 Å². The van der Waals surface area contributed by atoms with E-state index in [2.05, 4.69) is 16.4 Å². The second kappa shape index (κ2) is 10.4. The van der Waals surface area contributed by atoms with Gasteiger partial charge in [-0.15, -0.1) is 11.8 Å². The third-order valence-corrected chi connectivity index (χ3v) is 7.79. The molecule has 0 fully saturated rings. The van der Waals surface area contributed by atoms with Gasteiger partial charge in [-0.3, -0.25) is 4.79 Å². The highest BCUT2D eigenvalue weighted by molar-refractivity contribution is 8.00. The summed E-state index contributed by atoms with van der Waals surface area (Å²) >= 11 is 1.22. The Morgan fingerprint density at radius 3 is 2.31 bits per heavy atom. The van der Waals surface area contributed by atoms with Crippen molar-refractivity contribution in [3.8, 4) is 17.2 Å². The van der Waals surface area contributed by atoms with Gasteiger partial charge in [-0.2, -0.15) is 5.26 Å². The molecule has 2 aromatic carbocycles. The Morgan fingerprint density at radius 2 is 1.72 bits per heavy atom. The number of anilines is 1. The van der Waals surface area contributed by atoms with Gasteiger partial charge in [0.05, 0.1) is 22.6 Å². The topological polar surface area (TPSA) is 99.9 Å². The molecule has 0 radical (unpaired) electrons. The molecule has 0 aliphatic heterocycles. The maximum absolute atomic E-state index is 13.2. The summed E-state index contributed by atoms with van der Waals surface area (Å²) in [5.41, 5.74) is 2.90. The molecule has 0 saturated heterocycles. The molecule has 164 valence electrons. The Morgan fingerprint density at radius 1 is 1.09 bits per heavy atom. The zero-order chi connectivity index (χ0) is 23.1. The van der Waals surface area contributed by atoms with Crippen LogP contribution in [0.1, 0.15) is 28.5 Å². The minimum atomic E-state index is -3.13. The molecular formula is C24H23N3O3S2. The number of hydrogen-bond acceptors (Lipinski definition) is 6. The lowest BCUT2D eigenvalue weighted by atomic mass is 9.94. The van der Waals surface area contributed by atoms with E-state index in [-0.39, 0.29) is 28.7 Å². The Labute approximate surface area is 192 Å². The molecule has 3 rings (SSSR count). The SMILES string of the molecule is CCS(=O)(=O)CCSc1nc(C)c(C(=O)Nc2ccccc2)c(-c2ccccc2)c1C#N. The molecule has 8 heteroatoms. The monoisotopic (exact) mass is 465 g/mol. The lowest BCUT2D eigenvalue weighted by molar-refractivity contribution is 0.102. The average Bonchev–Trinajstić information content (AvgIpc) is 2.79. The van der Waals surface area contributed by atoms with Crippen molar-refractivity contribution in [2.45, 2.75) is 18.9 Å². The van der Waals surface area contributed by atoms with E-state index in [0.717, 1.165) is 5.56 Å². The molecule has 0 aliphatic rings. The molecule has 0 unspecified atom stereocenters. The summed E-state index contributed by atoms with van der Waals surface area (Å²) in [5.74, 6) is -0.0156. The van der Waals surface area contributed by atoms with Gasteiger partial charge in [-0.1, -0.05) is 55.5 Å². The highest BCUT2D eigenvalue weighted by atomic mass is 32.2. The maximum Gasteiger partial charge on any atom is 0.258 e. The van der Waals surface area contributed by atoms with Gasteiger partial charge < -0.3 is 5.32 Å². The fourth-order valence-corrected chi connectivity index (χ4v) is 5.51. The van der Waals surface area contributed by atoms with Gasteiger partial charge in [0.15, 0.2) is 9.84 Å². The molecule has 1 N–H and O–H groups in total. The number of aryl methyl sites for hydroxylation is 1. The van der Waals surface area contributed by atoms with Crippen LogP contribution < -0.4 is 5.32 Å². The molecule has 0 spiro atoms. The highest BCUT2D eigenvalue weighted by Gasteiger charge is 2.24. The fraction of sp³-hybridized carbons (Fsp3) is 0.208. The molecule has 0 atom stereocenters. The molecule has 1 heterocycles. The summed E-state index contributed by atoms with van der Waals surface area (Å²) in [7, 11) is -3.13. The van der Waals surface area contributed by atoms with Gasteiger partial charge in [0.2, 0.25) is 0 Å². The number of nitrogens with zero attached hydrogens (tertiary/aromatic N) is 2. The standard InChI is InChI=1S/C24H23N3O3S2/c1-3-32(29,30)15-14-31-24-20(16-25)22(18-10-6-4-7-11-18)21(17(2)26-24)23(28)27-19-12-8-5-9-13-19/h4-13H,3,14-15H2,1-2H3,(H,27,28). The number of para-hydroxylation sites is 1. The largest absolute Gasteiger partial charge is 0.322 e. The number of nitriles is 1. The molecule has 3 aromatic rings. The number of carbonyl (C=O) groups excluding carboxylic acids is 1. The van der Waals surface area contributed by atoms with Crippen LogP contribution in [0.15, 0.2) is 65.7 Å². The zero-order valence-electron chi connectivity index (χ0n) is 17.8. The number of aromatic nitrogens is 1. The lowest BCUT2D eigenvalue weighted by Crippen LogP contribution is -2.17. The van der Waals surface area contributed by atoms with Crippen LogP contribution in [0.25, 0.3) is 11.1 Å². The van der Waals surface area contributed by atoms with Crippen LogP contribution in [0.4, 0.5) is 5.69 Å². The second-order valence-electron chi connectivity index (χ2n) is 7.01. The van der Waals surface area contributed by atoms with E-state index in [9.17, 15) is 18.5 Å². The molecule has 1 aromatic heterocycles. The summed E-state index contributed by atoms with van der Waals surface area (Å²) in [6.45, 7) is 3.33. The predicted molar refractivity (Wildman–Crippen MR) is 129 cm³/mol. The van der Waals surface area contributed by atoms with Crippen LogP contribution in [0.2, 0.25) is 0 Å². The first-order valence-electron chi connectivity index (χ1n) is 10.1. The quantitative estimate of drug-likeness (QED) is 0.484. The van der Waals surface area contributed by atoms with Crippen molar-refractivity contribution in [2.75, 3.05) is 22.6 Å². The number of thioether (sulfide) groups is 1. The van der Waals surface area contributed by atoms with Crippen molar-refractivity contribution in [3.05, 3.63) is 77.5 Å². The molecule has 1 amide bonds. The molecule has 0 aliphatic carbocycles. The molecule has 0 bridgehead atoms. The summed E-state index contributed by atoms with van der Waals surface area (Å²) in [6, 6.07) is 20.5. The minimum absolute atomic E-state index is 0.00330. The van der Waals surface area contributed by atoms with Crippen LogP contribution in [0, 0.1) is 18.3 Å². The number of rotatable bonds is 8. The number of carbonyl (C=O) groups is 1. The first kappa shape index (κ1) is 23.5. The maximum atomic E-state index is 13.2. The fourth-order valence-electron chi connectivity index (χ4n) is 3.18. The smallest absolute Gasteiger partial charge is 0.258 e. The Kier molecular flexibility index (Phi) is 7.67. The van der Waals surface area contributed by atoms with E-state index in [1.54, 1.807) is 26.0 Å². The van der Waals surface area contributed by atoms with E-state index in [1.165, 1.54) is 11.8 Å². The van der Waals surface area contributed by atoms with Crippen molar-refractivity contribution in [3.63, 3.8) is 0 Å². The highest BCUT2D eigenvalue weighted by Crippen LogP contribution is 2.35. The van der Waals surface area contributed by atoms with Crippen LogP contribution >= 0.6 is 11.8 Å². The van der Waals surface area contributed by atoms with Crippen molar-refractivity contribution < 1.29 is 13.2 Å². The number of benzene rings is 2. The normalized spacial score (nSPS) is 11.0. The van der Waals surface area contributed by atoms with Crippen molar-refractivity contribution in [2.24, 2.45) is 0 Å². The van der Waals surface area contributed by atoms with Gasteiger partial charge in [0.25, 0.3) is 5.91 Å². The predicted octanol–water partition coefficient (Wildman–Crippen LogP) is 4.71. The van der Waals surface area contributed by atoms with Gasteiger partial charge in [-0.05, 0) is 24.6 Å². The van der Waals surface area contributed by atoms with E-state index in [0.29, 0.717) is 27.5 Å². The number of nitrogens with one attached hydrogen (secondary N) is 1. The first-order valence-corrected chi connectivity index (χ1v) is 12.9. The summed E-state index contributed by atoms with van der Waals surface area (Å²) < 4.78 is 23.7. The average molecular weight is 466 g/mol. The van der Waals surface area contributed by atoms with Crippen molar-refractivity contribution in [1.29, 1.82) is 5.26 Å². The Bertz CT molecular complexity index is 1250. The minimum Gasteiger partial charge on any atom is -0.322 e. The van der Waals surface area contributed by atoms with Crippen LogP contribution in [-0.4, -0.2) is 36.6 Å². The first-order chi connectivity index (χ1) is 15.4. The number of hydrogen-bond donors (Lipinski definition) is 1. The van der Waals surface area contributed by atoms with Crippen LogP contribution in [0.3, 0.4) is 0 Å². The van der Waals surface area contributed by atoms with E-state index < -0.39 is 9.84 Å². The summed E-state index contributed by atoms with van der Waals surface area (Å²) in [6.07, 6.45) is 0. The third-order valence-electron chi connectivity index (χ3n) is 4.85. The van der Waals surface area contributed by atoms with Gasteiger partial charge in [0.1, 0.15) is 11.1 Å². The molecule has 32 heavy (non-hydrogen) atoms. The Balaban J connectivity index is 2.09. The van der Waals surface area contributed by atoms with Crippen molar-refractivity contribution >= 4 is 33.2 Å². The zero-order valence-corrected chi connectivity index (χ0v) is 19.5. The van der Waals surface area contributed by atoms with Gasteiger partial charge in [0, 0.05) is 22.8 Å². The van der Waals surface area contributed by atoms with Gasteiger partial charge >= 0.3 is 0 Å². The number of sulfone groups is 1. The van der Waals surface area contributed by atoms with Crippen LogP contribution in [-0.2, 0) is 9.84 Å². The third kappa shape index (κ3) is 5.55. The Hall–Kier alpha value is -3.15. The van der Waals surface area contributed by atoms with Crippen LogP contribution in [0.5, 0.6) is 0 Å². The molecule has 6 nitrogen and oxygen atoms in total. The summed E-state index contributed by atoms with van der Waals surface area (Å²) in [5, 5.41) is 13.3. The van der Waals surface area contributed by atoms with E-state index in [4.69, 9.17) is 0 Å². The second-order valence-corrected chi connectivity index (χ2v) is 10.6. The van der Waals surface area contributed by atoms with E-state index >= 15 is 0 Å². The van der Waals surface area contributed by atoms with Gasteiger partial charge in [-0.25, -0.2) is 13.4 Å². The summed E-state index contributed by atoms with van der Waals surface area (Å²) in [4.78, 5) is 17.8. The van der Waals surface area contributed by atoms with Crippen molar-refractivity contribution in [1.82, 2.24) is 4.98 Å². The number of amides is 1. The number of pyridine rings is 1. The molecular weight excluding hydrogens is 442 g/mol. The molecule has 0 saturated carbocycles. The lowest BCUT2D eigenvalue weighted by Gasteiger charge is -2.17.